The van der Waals surface area contributed by atoms with E-state index >= 15 is 0 Å². The van der Waals surface area contributed by atoms with Crippen molar-refractivity contribution in [1.29, 1.82) is 5.26 Å². The highest BCUT2D eigenvalue weighted by molar-refractivity contribution is 5.91. The topological polar surface area (TPSA) is 49.0 Å². The minimum absolute atomic E-state index is 0.101. The fourth-order valence-electron chi connectivity index (χ4n) is 3.01. The van der Waals surface area contributed by atoms with Gasteiger partial charge in [0.05, 0.1) is 11.1 Å². The summed E-state index contributed by atoms with van der Waals surface area (Å²) >= 11 is 0. The number of hydrogen-bond acceptors (Lipinski definition) is 2. The standard InChI is InChI=1S/C19H17FN2O/c1-11(2)19-16(10-21)15-9-14(23)5-7-18(15)22(19)13-4-6-17(20)12(3)8-13/h4-9,11,23H,1-3H3. The van der Waals surface area contributed by atoms with E-state index in [1.54, 1.807) is 37.3 Å². The summed E-state index contributed by atoms with van der Waals surface area (Å²) in [5.41, 5.74) is 3.60. The predicted molar refractivity (Wildman–Crippen MR) is 88.4 cm³/mol. The van der Waals surface area contributed by atoms with E-state index in [4.69, 9.17) is 0 Å². The highest BCUT2D eigenvalue weighted by Crippen LogP contribution is 2.35. The zero-order valence-electron chi connectivity index (χ0n) is 13.3. The van der Waals surface area contributed by atoms with Crippen molar-refractivity contribution in [3.63, 3.8) is 0 Å². The number of benzene rings is 2. The van der Waals surface area contributed by atoms with Gasteiger partial charge in [0.1, 0.15) is 17.6 Å². The predicted octanol–water partition coefficient (Wildman–Crippen LogP) is 4.78. The molecule has 0 fully saturated rings. The molecule has 0 atom stereocenters. The van der Waals surface area contributed by atoms with Gasteiger partial charge in [0.2, 0.25) is 0 Å². The summed E-state index contributed by atoms with van der Waals surface area (Å²) < 4.78 is 15.6. The SMILES string of the molecule is Cc1cc(-n2c(C(C)C)c(C#N)c3cc(O)ccc32)ccc1F. The lowest BCUT2D eigenvalue weighted by atomic mass is 10.0. The van der Waals surface area contributed by atoms with Gasteiger partial charge in [-0.2, -0.15) is 5.26 Å². The van der Waals surface area contributed by atoms with E-state index in [1.165, 1.54) is 6.07 Å². The molecule has 116 valence electrons. The Bertz CT molecular complexity index is 948. The number of aromatic nitrogens is 1. The summed E-state index contributed by atoms with van der Waals surface area (Å²) in [6, 6.07) is 12.2. The molecule has 4 heteroatoms. The van der Waals surface area contributed by atoms with E-state index in [0.29, 0.717) is 16.5 Å². The molecule has 0 aliphatic carbocycles. The molecule has 3 nitrogen and oxygen atoms in total. The molecule has 0 aliphatic heterocycles. The number of nitriles is 1. The van der Waals surface area contributed by atoms with Gasteiger partial charge in [0.25, 0.3) is 0 Å². The second kappa shape index (κ2) is 5.44. The molecule has 0 bridgehead atoms. The average molecular weight is 308 g/mol. The van der Waals surface area contributed by atoms with Crippen LogP contribution < -0.4 is 0 Å². The van der Waals surface area contributed by atoms with Crippen molar-refractivity contribution in [2.75, 3.05) is 0 Å². The zero-order chi connectivity index (χ0) is 16.7. The molecule has 1 N–H and O–H groups in total. The molecule has 1 heterocycles. The van der Waals surface area contributed by atoms with E-state index in [1.807, 2.05) is 18.4 Å². The van der Waals surface area contributed by atoms with Gasteiger partial charge in [0, 0.05) is 16.8 Å². The third kappa shape index (κ3) is 2.35. The highest BCUT2D eigenvalue weighted by Gasteiger charge is 2.21. The monoisotopic (exact) mass is 308 g/mol. The second-order valence-electron chi connectivity index (χ2n) is 6.00. The van der Waals surface area contributed by atoms with Gasteiger partial charge in [-0.25, -0.2) is 4.39 Å². The minimum atomic E-state index is -0.255. The van der Waals surface area contributed by atoms with Crippen molar-refractivity contribution in [1.82, 2.24) is 4.57 Å². The molecule has 1 aromatic heterocycles. The number of aromatic hydroxyl groups is 1. The number of nitrogens with zero attached hydrogens (tertiary/aromatic N) is 2. The van der Waals surface area contributed by atoms with Crippen LogP contribution in [0.15, 0.2) is 36.4 Å². The van der Waals surface area contributed by atoms with Crippen LogP contribution in [0, 0.1) is 24.1 Å². The lowest BCUT2D eigenvalue weighted by molar-refractivity contribution is 0.476. The van der Waals surface area contributed by atoms with Crippen LogP contribution in [0.1, 0.15) is 36.6 Å². The molecule has 0 saturated heterocycles. The molecule has 0 spiro atoms. The summed E-state index contributed by atoms with van der Waals surface area (Å²) in [5.74, 6) is -0.0317. The van der Waals surface area contributed by atoms with Crippen LogP contribution in [0.5, 0.6) is 5.75 Å². The number of phenols is 1. The molecule has 0 radical (unpaired) electrons. The molecule has 2 aromatic carbocycles. The number of aryl methyl sites for hydroxylation is 1. The van der Waals surface area contributed by atoms with Crippen molar-refractivity contribution in [2.24, 2.45) is 0 Å². The van der Waals surface area contributed by atoms with E-state index in [9.17, 15) is 14.8 Å². The second-order valence-corrected chi connectivity index (χ2v) is 6.00. The maximum absolute atomic E-state index is 13.6. The van der Waals surface area contributed by atoms with Gasteiger partial charge in [-0.15, -0.1) is 0 Å². The third-order valence-corrected chi connectivity index (χ3v) is 4.05. The van der Waals surface area contributed by atoms with Gasteiger partial charge in [0.15, 0.2) is 0 Å². The molecular formula is C19H17FN2O. The maximum atomic E-state index is 13.6. The Morgan fingerprint density at radius 3 is 2.52 bits per heavy atom. The Hall–Kier alpha value is -2.80. The van der Waals surface area contributed by atoms with Gasteiger partial charge >= 0.3 is 0 Å². The Labute approximate surface area is 134 Å². The molecule has 0 unspecified atom stereocenters. The van der Waals surface area contributed by atoms with E-state index in [-0.39, 0.29) is 17.5 Å². The van der Waals surface area contributed by atoms with Gasteiger partial charge in [-0.05, 0) is 54.8 Å². The number of halogens is 1. The zero-order valence-corrected chi connectivity index (χ0v) is 13.3. The summed E-state index contributed by atoms with van der Waals surface area (Å²) in [6.07, 6.45) is 0. The van der Waals surface area contributed by atoms with E-state index in [2.05, 4.69) is 6.07 Å². The molecule has 0 saturated carbocycles. The number of phenolic OH excluding ortho intramolecular Hbond substituents is 1. The van der Waals surface area contributed by atoms with Crippen LogP contribution in [-0.2, 0) is 0 Å². The molecule has 3 aromatic rings. The largest absolute Gasteiger partial charge is 0.508 e. The van der Waals surface area contributed by atoms with Crippen LogP contribution in [0.25, 0.3) is 16.6 Å². The Morgan fingerprint density at radius 2 is 1.91 bits per heavy atom. The van der Waals surface area contributed by atoms with E-state index < -0.39 is 0 Å². The summed E-state index contributed by atoms with van der Waals surface area (Å²) in [5, 5.41) is 20.1. The Balaban J connectivity index is 2.45. The quantitative estimate of drug-likeness (QED) is 0.740. The van der Waals surface area contributed by atoms with Crippen molar-refractivity contribution < 1.29 is 9.50 Å². The average Bonchev–Trinajstić information content (AvgIpc) is 2.83. The normalized spacial score (nSPS) is 11.1. The first-order valence-electron chi connectivity index (χ1n) is 7.48. The Kier molecular flexibility index (Phi) is 3.57. The van der Waals surface area contributed by atoms with Crippen molar-refractivity contribution in [3.05, 3.63) is 59.0 Å². The highest BCUT2D eigenvalue weighted by atomic mass is 19.1. The summed E-state index contributed by atoms with van der Waals surface area (Å²) in [4.78, 5) is 0. The van der Waals surface area contributed by atoms with Gasteiger partial charge in [-0.1, -0.05) is 13.8 Å². The first-order valence-corrected chi connectivity index (χ1v) is 7.48. The minimum Gasteiger partial charge on any atom is -0.508 e. The fourth-order valence-corrected chi connectivity index (χ4v) is 3.01. The smallest absolute Gasteiger partial charge is 0.126 e. The van der Waals surface area contributed by atoms with E-state index in [0.717, 1.165) is 16.9 Å². The summed E-state index contributed by atoms with van der Waals surface area (Å²) in [7, 11) is 0. The number of rotatable bonds is 2. The van der Waals surface area contributed by atoms with Gasteiger partial charge < -0.3 is 9.67 Å². The van der Waals surface area contributed by atoms with Crippen LogP contribution in [-0.4, -0.2) is 9.67 Å². The maximum Gasteiger partial charge on any atom is 0.126 e. The first kappa shape index (κ1) is 15.1. The Morgan fingerprint density at radius 1 is 1.17 bits per heavy atom. The van der Waals surface area contributed by atoms with Crippen molar-refractivity contribution in [2.45, 2.75) is 26.7 Å². The van der Waals surface area contributed by atoms with Crippen LogP contribution >= 0.6 is 0 Å². The first-order chi connectivity index (χ1) is 10.9. The fraction of sp³-hybridized carbons (Fsp3) is 0.211. The van der Waals surface area contributed by atoms with Crippen molar-refractivity contribution in [3.8, 4) is 17.5 Å². The third-order valence-electron chi connectivity index (χ3n) is 4.05. The van der Waals surface area contributed by atoms with Crippen molar-refractivity contribution >= 4 is 10.9 Å². The van der Waals surface area contributed by atoms with Crippen LogP contribution in [0.4, 0.5) is 4.39 Å². The molecular weight excluding hydrogens is 291 g/mol. The van der Waals surface area contributed by atoms with Gasteiger partial charge in [-0.3, -0.25) is 0 Å². The number of fused-ring (bicyclic) bond motifs is 1. The van der Waals surface area contributed by atoms with Crippen LogP contribution in [0.3, 0.4) is 0 Å². The molecule has 0 amide bonds. The molecule has 3 rings (SSSR count). The molecule has 0 aliphatic rings. The number of hydrogen-bond donors (Lipinski definition) is 1. The lowest BCUT2D eigenvalue weighted by Crippen LogP contribution is -2.04. The molecule has 23 heavy (non-hydrogen) atoms. The van der Waals surface area contributed by atoms with Crippen LogP contribution in [0.2, 0.25) is 0 Å². The summed E-state index contributed by atoms with van der Waals surface area (Å²) in [6.45, 7) is 5.75. The lowest BCUT2D eigenvalue weighted by Gasteiger charge is -2.14.